The van der Waals surface area contributed by atoms with Crippen LogP contribution in [0.1, 0.15) is 48.4 Å². The fraction of sp³-hybridized carbons (Fsp3) is 0.600. The minimum absolute atomic E-state index is 0.0582. The molecule has 1 aromatic rings. The number of carbonyl (C=O) groups excluding carboxylic acids is 1. The summed E-state index contributed by atoms with van der Waals surface area (Å²) in [5.74, 6) is -0.477. The van der Waals surface area contributed by atoms with Crippen molar-refractivity contribution in [1.82, 2.24) is 9.80 Å². The monoisotopic (exact) mass is 344 g/mol. The van der Waals surface area contributed by atoms with E-state index in [1.165, 1.54) is 0 Å². The summed E-state index contributed by atoms with van der Waals surface area (Å²) in [6.07, 6.45) is 3.73. The number of aliphatic carboxylic acids is 1. The third-order valence-corrected chi connectivity index (χ3v) is 5.62. The molecule has 2 aliphatic rings. The highest BCUT2D eigenvalue weighted by molar-refractivity contribution is 5.79. The number of likely N-dealkylation sites (tertiary alicyclic amines) is 2. The largest absolute Gasteiger partial charge is 0.480 e. The Morgan fingerprint density at radius 1 is 1.08 bits per heavy atom. The van der Waals surface area contributed by atoms with Crippen molar-refractivity contribution in [3.63, 3.8) is 0 Å². The van der Waals surface area contributed by atoms with Crippen LogP contribution in [0.3, 0.4) is 0 Å². The summed E-state index contributed by atoms with van der Waals surface area (Å²) >= 11 is 0. The van der Waals surface area contributed by atoms with Gasteiger partial charge in [-0.05, 0) is 50.7 Å². The van der Waals surface area contributed by atoms with Crippen molar-refractivity contribution >= 4 is 11.9 Å². The normalized spacial score (nSPS) is 20.6. The van der Waals surface area contributed by atoms with Gasteiger partial charge in [0.25, 0.3) is 0 Å². The third kappa shape index (κ3) is 3.87. The van der Waals surface area contributed by atoms with Gasteiger partial charge >= 0.3 is 5.97 Å². The van der Waals surface area contributed by atoms with Gasteiger partial charge in [0.1, 0.15) is 6.04 Å². The van der Waals surface area contributed by atoms with Gasteiger partial charge in [-0.15, -0.1) is 0 Å². The number of piperidine rings is 1. The molecular weight excluding hydrogens is 316 g/mol. The number of carboxylic acid groups (broad SMARTS) is 1. The first kappa shape index (κ1) is 17.9. The number of amides is 1. The smallest absolute Gasteiger partial charge is 0.325 e. The lowest BCUT2D eigenvalue weighted by Gasteiger charge is -2.36. The second-order valence-electron chi connectivity index (χ2n) is 7.44. The minimum Gasteiger partial charge on any atom is -0.480 e. The number of benzene rings is 1. The maximum absolute atomic E-state index is 12.6. The fourth-order valence-corrected chi connectivity index (χ4v) is 4.22. The SMILES string of the molecule is Cc1ccc(C(C(=O)O)N2CCC(C(=O)N3CCCC3)CC2)c(C)c1. The average Bonchev–Trinajstić information content (AvgIpc) is 3.11. The van der Waals surface area contributed by atoms with E-state index < -0.39 is 12.0 Å². The van der Waals surface area contributed by atoms with E-state index in [1.54, 1.807) is 0 Å². The molecule has 0 aliphatic carbocycles. The van der Waals surface area contributed by atoms with Crippen molar-refractivity contribution in [1.29, 1.82) is 0 Å². The molecule has 0 bridgehead atoms. The van der Waals surface area contributed by atoms with Gasteiger partial charge in [-0.3, -0.25) is 14.5 Å². The Kier molecular flexibility index (Phi) is 5.42. The molecule has 5 nitrogen and oxygen atoms in total. The van der Waals surface area contributed by atoms with Crippen LogP contribution >= 0.6 is 0 Å². The topological polar surface area (TPSA) is 60.9 Å². The summed E-state index contributed by atoms with van der Waals surface area (Å²) in [5.41, 5.74) is 3.02. The summed E-state index contributed by atoms with van der Waals surface area (Å²) in [6.45, 7) is 7.09. The average molecular weight is 344 g/mol. The van der Waals surface area contributed by atoms with Gasteiger partial charge in [0.15, 0.2) is 0 Å². The van der Waals surface area contributed by atoms with Crippen LogP contribution in [0.15, 0.2) is 18.2 Å². The first-order chi connectivity index (χ1) is 12.0. The molecule has 2 heterocycles. The molecule has 5 heteroatoms. The highest BCUT2D eigenvalue weighted by Gasteiger charge is 2.35. The van der Waals surface area contributed by atoms with Crippen molar-refractivity contribution in [3.05, 3.63) is 34.9 Å². The molecule has 2 fully saturated rings. The molecule has 1 N–H and O–H groups in total. The van der Waals surface area contributed by atoms with Crippen LogP contribution in [0.5, 0.6) is 0 Å². The van der Waals surface area contributed by atoms with Crippen LogP contribution in [0.2, 0.25) is 0 Å². The fourth-order valence-electron chi connectivity index (χ4n) is 4.22. The Morgan fingerprint density at radius 2 is 1.72 bits per heavy atom. The zero-order valence-electron chi connectivity index (χ0n) is 15.2. The molecule has 0 aromatic heterocycles. The molecular formula is C20H28N2O3. The lowest BCUT2D eigenvalue weighted by molar-refractivity contribution is -0.145. The Labute approximate surface area is 149 Å². The molecule has 1 amide bonds. The summed E-state index contributed by atoms with van der Waals surface area (Å²) < 4.78 is 0. The molecule has 136 valence electrons. The molecule has 1 unspecified atom stereocenters. The first-order valence-electron chi connectivity index (χ1n) is 9.30. The number of aryl methyl sites for hydroxylation is 2. The number of hydrogen-bond donors (Lipinski definition) is 1. The Bertz CT molecular complexity index is 644. The Hall–Kier alpha value is -1.88. The maximum atomic E-state index is 12.6. The first-order valence-corrected chi connectivity index (χ1v) is 9.30. The summed E-state index contributed by atoms with van der Waals surface area (Å²) in [7, 11) is 0. The number of rotatable bonds is 4. The number of nitrogens with zero attached hydrogens (tertiary/aromatic N) is 2. The second-order valence-corrected chi connectivity index (χ2v) is 7.44. The van der Waals surface area contributed by atoms with Crippen LogP contribution in [0.25, 0.3) is 0 Å². The minimum atomic E-state index is -0.809. The van der Waals surface area contributed by atoms with Gasteiger partial charge in [0.05, 0.1) is 0 Å². The van der Waals surface area contributed by atoms with Crippen LogP contribution in [0, 0.1) is 19.8 Å². The lowest BCUT2D eigenvalue weighted by Crippen LogP contribution is -2.44. The van der Waals surface area contributed by atoms with Crippen LogP contribution in [0.4, 0.5) is 0 Å². The van der Waals surface area contributed by atoms with E-state index in [-0.39, 0.29) is 11.8 Å². The Morgan fingerprint density at radius 3 is 2.28 bits per heavy atom. The molecule has 1 atom stereocenters. The van der Waals surface area contributed by atoms with Crippen molar-refractivity contribution in [2.45, 2.75) is 45.6 Å². The molecule has 0 spiro atoms. The van der Waals surface area contributed by atoms with Crippen molar-refractivity contribution < 1.29 is 14.7 Å². The van der Waals surface area contributed by atoms with Gasteiger partial charge in [-0.2, -0.15) is 0 Å². The quantitative estimate of drug-likeness (QED) is 0.912. The maximum Gasteiger partial charge on any atom is 0.325 e. The number of carboxylic acids is 1. The Balaban J connectivity index is 1.68. The summed E-state index contributed by atoms with van der Waals surface area (Å²) in [4.78, 5) is 28.5. The van der Waals surface area contributed by atoms with Gasteiger partial charge in [0.2, 0.25) is 5.91 Å². The van der Waals surface area contributed by atoms with E-state index >= 15 is 0 Å². The van der Waals surface area contributed by atoms with E-state index in [9.17, 15) is 14.7 Å². The van der Waals surface area contributed by atoms with Gasteiger partial charge in [-0.25, -0.2) is 0 Å². The predicted octanol–water partition coefficient (Wildman–Crippen LogP) is 2.76. The summed E-state index contributed by atoms with van der Waals surface area (Å²) in [6, 6.07) is 5.32. The van der Waals surface area contributed by atoms with Crippen LogP contribution < -0.4 is 0 Å². The van der Waals surface area contributed by atoms with Crippen molar-refractivity contribution in [3.8, 4) is 0 Å². The van der Waals surface area contributed by atoms with E-state index in [1.807, 2.05) is 41.8 Å². The zero-order valence-corrected chi connectivity index (χ0v) is 15.2. The standard InChI is InChI=1S/C20H28N2O3/c1-14-5-6-17(15(2)13-14)18(20(24)25)21-11-7-16(8-12-21)19(23)22-9-3-4-10-22/h5-6,13,16,18H,3-4,7-12H2,1-2H3,(H,24,25). The lowest BCUT2D eigenvalue weighted by atomic mass is 9.91. The molecule has 25 heavy (non-hydrogen) atoms. The van der Waals surface area contributed by atoms with E-state index in [0.717, 1.165) is 55.5 Å². The van der Waals surface area contributed by atoms with Crippen LogP contribution in [-0.4, -0.2) is 53.0 Å². The molecule has 0 saturated carbocycles. The van der Waals surface area contributed by atoms with Gasteiger partial charge in [-0.1, -0.05) is 23.8 Å². The molecule has 0 radical (unpaired) electrons. The van der Waals surface area contributed by atoms with Crippen molar-refractivity contribution in [2.24, 2.45) is 5.92 Å². The van der Waals surface area contributed by atoms with Crippen LogP contribution in [-0.2, 0) is 9.59 Å². The molecule has 3 rings (SSSR count). The molecule has 2 aliphatic heterocycles. The van der Waals surface area contributed by atoms with Gasteiger partial charge in [0, 0.05) is 32.1 Å². The number of carbonyl (C=O) groups is 2. The molecule has 1 aromatic carbocycles. The summed E-state index contributed by atoms with van der Waals surface area (Å²) in [5, 5.41) is 9.80. The zero-order chi connectivity index (χ0) is 18.0. The van der Waals surface area contributed by atoms with E-state index in [0.29, 0.717) is 13.1 Å². The van der Waals surface area contributed by atoms with E-state index in [4.69, 9.17) is 0 Å². The molecule has 2 saturated heterocycles. The van der Waals surface area contributed by atoms with E-state index in [2.05, 4.69) is 0 Å². The van der Waals surface area contributed by atoms with Gasteiger partial charge < -0.3 is 10.0 Å². The highest BCUT2D eigenvalue weighted by Crippen LogP contribution is 2.30. The van der Waals surface area contributed by atoms with Crippen molar-refractivity contribution in [2.75, 3.05) is 26.2 Å². The predicted molar refractivity (Wildman–Crippen MR) is 96.4 cm³/mol. The number of hydrogen-bond acceptors (Lipinski definition) is 3. The third-order valence-electron chi connectivity index (χ3n) is 5.62. The second kappa shape index (κ2) is 7.56. The highest BCUT2D eigenvalue weighted by atomic mass is 16.4.